The zero-order valence-electron chi connectivity index (χ0n) is 11.2. The standard InChI is InChI=1S/C15H23NOS/c1-11(2)7-13(17)9-16-8-12-10-18-15-6-4-3-5-14(12)15/h3-6,11-13,16-17H,7-10H2,1-2H3. The first-order valence-corrected chi connectivity index (χ1v) is 7.76. The largest absolute Gasteiger partial charge is 0.392 e. The van der Waals surface area contributed by atoms with Crippen molar-refractivity contribution in [3.8, 4) is 0 Å². The maximum Gasteiger partial charge on any atom is 0.0667 e. The van der Waals surface area contributed by atoms with Gasteiger partial charge >= 0.3 is 0 Å². The molecular formula is C15H23NOS. The minimum Gasteiger partial charge on any atom is -0.392 e. The summed E-state index contributed by atoms with van der Waals surface area (Å²) in [5, 5.41) is 13.2. The van der Waals surface area contributed by atoms with Crippen LogP contribution in [-0.4, -0.2) is 30.1 Å². The van der Waals surface area contributed by atoms with Crippen LogP contribution in [0.5, 0.6) is 0 Å². The Morgan fingerprint density at radius 2 is 2.17 bits per heavy atom. The minimum absolute atomic E-state index is 0.214. The van der Waals surface area contributed by atoms with E-state index in [4.69, 9.17) is 0 Å². The van der Waals surface area contributed by atoms with Gasteiger partial charge in [-0.2, -0.15) is 0 Å². The number of hydrogen-bond acceptors (Lipinski definition) is 3. The van der Waals surface area contributed by atoms with Crippen LogP contribution >= 0.6 is 11.8 Å². The van der Waals surface area contributed by atoms with E-state index in [1.54, 1.807) is 0 Å². The van der Waals surface area contributed by atoms with Gasteiger partial charge in [-0.15, -0.1) is 11.8 Å². The highest BCUT2D eigenvalue weighted by Crippen LogP contribution is 2.38. The SMILES string of the molecule is CC(C)CC(O)CNCC1CSc2ccccc21. The number of thioether (sulfide) groups is 1. The van der Waals surface area contributed by atoms with Crippen LogP contribution in [-0.2, 0) is 0 Å². The Kier molecular flexibility index (Phi) is 5.10. The molecule has 2 atom stereocenters. The molecule has 0 saturated heterocycles. The summed E-state index contributed by atoms with van der Waals surface area (Å²) in [5.41, 5.74) is 1.47. The third-order valence-corrected chi connectivity index (χ3v) is 4.56. The lowest BCUT2D eigenvalue weighted by atomic mass is 10.0. The van der Waals surface area contributed by atoms with Gasteiger partial charge in [-0.1, -0.05) is 32.0 Å². The number of fused-ring (bicyclic) bond motifs is 1. The molecule has 2 unspecified atom stereocenters. The molecule has 0 amide bonds. The van der Waals surface area contributed by atoms with Gasteiger partial charge in [0.15, 0.2) is 0 Å². The van der Waals surface area contributed by atoms with E-state index in [9.17, 15) is 5.11 Å². The van der Waals surface area contributed by atoms with E-state index in [-0.39, 0.29) is 6.10 Å². The maximum absolute atomic E-state index is 9.82. The molecule has 100 valence electrons. The highest BCUT2D eigenvalue weighted by Gasteiger charge is 2.22. The van der Waals surface area contributed by atoms with Gasteiger partial charge in [0.05, 0.1) is 6.10 Å². The molecule has 1 aromatic carbocycles. The number of hydrogen-bond donors (Lipinski definition) is 2. The van der Waals surface area contributed by atoms with Crippen LogP contribution in [0.25, 0.3) is 0 Å². The second kappa shape index (κ2) is 6.60. The zero-order chi connectivity index (χ0) is 13.0. The van der Waals surface area contributed by atoms with Crippen molar-refractivity contribution in [1.29, 1.82) is 0 Å². The number of aliphatic hydroxyl groups excluding tert-OH is 1. The number of rotatable bonds is 6. The van der Waals surface area contributed by atoms with E-state index in [0.29, 0.717) is 18.4 Å². The van der Waals surface area contributed by atoms with Crippen LogP contribution in [0, 0.1) is 5.92 Å². The molecule has 1 heterocycles. The fraction of sp³-hybridized carbons (Fsp3) is 0.600. The first-order valence-electron chi connectivity index (χ1n) is 6.77. The quantitative estimate of drug-likeness (QED) is 0.829. The summed E-state index contributed by atoms with van der Waals surface area (Å²) in [6, 6.07) is 8.65. The predicted molar refractivity (Wildman–Crippen MR) is 78.2 cm³/mol. The molecule has 2 N–H and O–H groups in total. The summed E-state index contributed by atoms with van der Waals surface area (Å²) >= 11 is 1.94. The zero-order valence-corrected chi connectivity index (χ0v) is 12.0. The van der Waals surface area contributed by atoms with Crippen LogP contribution in [0.3, 0.4) is 0 Å². The summed E-state index contributed by atoms with van der Waals surface area (Å²) in [5.74, 6) is 2.31. The van der Waals surface area contributed by atoms with E-state index in [0.717, 1.165) is 18.7 Å². The Balaban J connectivity index is 1.75. The van der Waals surface area contributed by atoms with E-state index in [2.05, 4.69) is 43.4 Å². The first kappa shape index (κ1) is 13.9. The van der Waals surface area contributed by atoms with Crippen LogP contribution in [0.1, 0.15) is 31.7 Å². The normalized spacial score (nSPS) is 20.1. The van der Waals surface area contributed by atoms with Crippen molar-refractivity contribution >= 4 is 11.8 Å². The molecule has 0 bridgehead atoms. The average molecular weight is 265 g/mol. The van der Waals surface area contributed by atoms with Gasteiger partial charge in [-0.3, -0.25) is 0 Å². The number of nitrogens with one attached hydrogen (secondary N) is 1. The summed E-state index contributed by atoms with van der Waals surface area (Å²) in [6.45, 7) is 5.97. The molecule has 0 aliphatic carbocycles. The molecule has 0 radical (unpaired) electrons. The Labute approximate surface area is 114 Å². The van der Waals surface area contributed by atoms with Crippen molar-refractivity contribution in [2.24, 2.45) is 5.92 Å². The van der Waals surface area contributed by atoms with Gasteiger partial charge in [0.2, 0.25) is 0 Å². The fourth-order valence-corrected chi connectivity index (χ4v) is 3.70. The molecule has 0 saturated carbocycles. The summed E-state index contributed by atoms with van der Waals surface area (Å²) < 4.78 is 0. The molecule has 0 aromatic heterocycles. The Morgan fingerprint density at radius 1 is 1.39 bits per heavy atom. The van der Waals surface area contributed by atoms with Crippen molar-refractivity contribution in [3.63, 3.8) is 0 Å². The molecule has 0 fully saturated rings. The molecule has 0 spiro atoms. The maximum atomic E-state index is 9.82. The van der Waals surface area contributed by atoms with Crippen molar-refractivity contribution in [2.45, 2.75) is 37.2 Å². The number of benzene rings is 1. The topological polar surface area (TPSA) is 32.3 Å². The second-order valence-electron chi connectivity index (χ2n) is 5.49. The van der Waals surface area contributed by atoms with Crippen LogP contribution < -0.4 is 5.32 Å². The molecule has 2 nitrogen and oxygen atoms in total. The van der Waals surface area contributed by atoms with Crippen LogP contribution in [0.15, 0.2) is 29.2 Å². The first-order chi connectivity index (χ1) is 8.66. The lowest BCUT2D eigenvalue weighted by Crippen LogP contribution is -2.31. The van der Waals surface area contributed by atoms with Gasteiger partial charge in [-0.05, 0) is 24.0 Å². The summed E-state index contributed by atoms with van der Waals surface area (Å²) in [7, 11) is 0. The van der Waals surface area contributed by atoms with Crippen LogP contribution in [0.4, 0.5) is 0 Å². The molecular weight excluding hydrogens is 242 g/mol. The van der Waals surface area contributed by atoms with Crippen molar-refractivity contribution in [1.82, 2.24) is 5.32 Å². The van der Waals surface area contributed by atoms with E-state index < -0.39 is 0 Å². The molecule has 1 aromatic rings. The Bertz CT molecular complexity index is 381. The highest BCUT2D eigenvalue weighted by molar-refractivity contribution is 7.99. The number of aliphatic hydroxyl groups is 1. The summed E-state index contributed by atoms with van der Waals surface area (Å²) in [6.07, 6.45) is 0.664. The third-order valence-electron chi connectivity index (χ3n) is 3.31. The molecule has 1 aliphatic heterocycles. The molecule has 18 heavy (non-hydrogen) atoms. The van der Waals surface area contributed by atoms with Crippen LogP contribution in [0.2, 0.25) is 0 Å². The van der Waals surface area contributed by atoms with E-state index in [1.807, 2.05) is 11.8 Å². The summed E-state index contributed by atoms with van der Waals surface area (Å²) in [4.78, 5) is 1.42. The fourth-order valence-electron chi connectivity index (χ4n) is 2.45. The molecule has 1 aliphatic rings. The lowest BCUT2D eigenvalue weighted by Gasteiger charge is -2.16. The smallest absolute Gasteiger partial charge is 0.0667 e. The second-order valence-corrected chi connectivity index (χ2v) is 6.55. The van der Waals surface area contributed by atoms with Crippen molar-refractivity contribution < 1.29 is 5.11 Å². The average Bonchev–Trinajstić information content (AvgIpc) is 2.72. The monoisotopic (exact) mass is 265 g/mol. The van der Waals surface area contributed by atoms with Gasteiger partial charge < -0.3 is 10.4 Å². The minimum atomic E-state index is -0.214. The highest BCUT2D eigenvalue weighted by atomic mass is 32.2. The molecule has 2 rings (SSSR count). The molecule has 3 heteroatoms. The van der Waals surface area contributed by atoms with Crippen molar-refractivity contribution in [2.75, 3.05) is 18.8 Å². The van der Waals surface area contributed by atoms with Gasteiger partial charge in [0.1, 0.15) is 0 Å². The Morgan fingerprint density at radius 3 is 2.94 bits per heavy atom. The Hall–Kier alpha value is -0.510. The predicted octanol–water partition coefficient (Wildman–Crippen LogP) is 2.87. The van der Waals surface area contributed by atoms with Gasteiger partial charge in [0, 0.05) is 29.7 Å². The third kappa shape index (κ3) is 3.74. The van der Waals surface area contributed by atoms with E-state index >= 15 is 0 Å². The van der Waals surface area contributed by atoms with Gasteiger partial charge in [-0.25, -0.2) is 0 Å². The van der Waals surface area contributed by atoms with E-state index in [1.165, 1.54) is 10.5 Å². The lowest BCUT2D eigenvalue weighted by molar-refractivity contribution is 0.146. The van der Waals surface area contributed by atoms with Gasteiger partial charge in [0.25, 0.3) is 0 Å². The van der Waals surface area contributed by atoms with Crippen molar-refractivity contribution in [3.05, 3.63) is 29.8 Å².